The maximum absolute atomic E-state index is 4.67. The van der Waals surface area contributed by atoms with Gasteiger partial charge >= 0.3 is 0 Å². The number of hydrogen-bond acceptors (Lipinski definition) is 4. The molecule has 1 saturated heterocycles. The van der Waals surface area contributed by atoms with Gasteiger partial charge in [0.05, 0.1) is 5.69 Å². The summed E-state index contributed by atoms with van der Waals surface area (Å²) in [6.45, 7) is 3.07. The molecule has 0 saturated carbocycles. The Morgan fingerprint density at radius 3 is 2.55 bits per heavy atom. The van der Waals surface area contributed by atoms with Crippen LogP contribution in [0, 0.1) is 6.92 Å². The Kier molecular flexibility index (Phi) is 4.93. The fourth-order valence-corrected chi connectivity index (χ4v) is 2.40. The average Bonchev–Trinajstić information content (AvgIpc) is 2.93. The molecule has 1 aliphatic heterocycles. The molecule has 0 amide bonds. The molecule has 0 spiro atoms. The minimum absolute atomic E-state index is 0. The first-order chi connectivity index (χ1) is 9.31. The predicted octanol–water partition coefficient (Wildman–Crippen LogP) is 3.37. The van der Waals surface area contributed by atoms with Crippen LogP contribution in [0.5, 0.6) is 0 Å². The van der Waals surface area contributed by atoms with Crippen molar-refractivity contribution in [2.45, 2.75) is 25.8 Å². The zero-order valence-corrected chi connectivity index (χ0v) is 12.3. The first-order valence-electron chi connectivity index (χ1n) is 6.72. The highest BCUT2D eigenvalue weighted by molar-refractivity contribution is 5.85. The molecule has 20 heavy (non-hydrogen) atoms. The lowest BCUT2D eigenvalue weighted by atomic mass is 10.1. The van der Waals surface area contributed by atoms with Crippen molar-refractivity contribution in [3.05, 3.63) is 47.8 Å². The van der Waals surface area contributed by atoms with Crippen LogP contribution in [0.25, 0.3) is 0 Å². The van der Waals surface area contributed by atoms with Crippen LogP contribution in [0.4, 0.5) is 11.6 Å². The second-order valence-electron chi connectivity index (χ2n) is 4.89. The molecule has 2 N–H and O–H groups in total. The molecule has 1 fully saturated rings. The number of halogens is 1. The number of pyridine rings is 2. The van der Waals surface area contributed by atoms with E-state index in [0.29, 0.717) is 6.04 Å². The molecule has 2 aromatic rings. The van der Waals surface area contributed by atoms with Gasteiger partial charge < -0.3 is 10.6 Å². The molecule has 5 heteroatoms. The Morgan fingerprint density at radius 1 is 1.10 bits per heavy atom. The summed E-state index contributed by atoms with van der Waals surface area (Å²) in [7, 11) is 0. The molecule has 2 aromatic heterocycles. The Morgan fingerprint density at radius 2 is 1.85 bits per heavy atom. The average molecular weight is 291 g/mol. The van der Waals surface area contributed by atoms with Gasteiger partial charge in [0, 0.05) is 11.7 Å². The van der Waals surface area contributed by atoms with Gasteiger partial charge in [-0.25, -0.2) is 9.97 Å². The minimum atomic E-state index is 0. The van der Waals surface area contributed by atoms with Crippen molar-refractivity contribution in [3.63, 3.8) is 0 Å². The molecule has 3 heterocycles. The van der Waals surface area contributed by atoms with Gasteiger partial charge in [0.15, 0.2) is 0 Å². The van der Waals surface area contributed by atoms with Crippen LogP contribution in [0.15, 0.2) is 36.4 Å². The molecule has 0 bridgehead atoms. The quantitative estimate of drug-likeness (QED) is 0.910. The van der Waals surface area contributed by atoms with Crippen molar-refractivity contribution in [2.75, 3.05) is 11.9 Å². The summed E-state index contributed by atoms with van der Waals surface area (Å²) in [6.07, 6.45) is 2.39. The van der Waals surface area contributed by atoms with Crippen molar-refractivity contribution in [1.82, 2.24) is 15.3 Å². The Balaban J connectivity index is 0.00000147. The van der Waals surface area contributed by atoms with E-state index in [0.717, 1.165) is 29.6 Å². The summed E-state index contributed by atoms with van der Waals surface area (Å²) in [6, 6.07) is 12.4. The van der Waals surface area contributed by atoms with Crippen LogP contribution < -0.4 is 10.6 Å². The van der Waals surface area contributed by atoms with Gasteiger partial charge in [-0.1, -0.05) is 12.1 Å². The Labute approximate surface area is 125 Å². The lowest BCUT2D eigenvalue weighted by Gasteiger charge is -2.11. The summed E-state index contributed by atoms with van der Waals surface area (Å²) in [5.41, 5.74) is 2.11. The van der Waals surface area contributed by atoms with E-state index in [4.69, 9.17) is 0 Å². The molecular formula is C15H19ClN4. The van der Waals surface area contributed by atoms with E-state index >= 15 is 0 Å². The molecule has 3 rings (SSSR count). The summed E-state index contributed by atoms with van der Waals surface area (Å²) < 4.78 is 0. The van der Waals surface area contributed by atoms with E-state index < -0.39 is 0 Å². The first-order valence-corrected chi connectivity index (χ1v) is 6.72. The molecule has 1 atom stereocenters. The Hall–Kier alpha value is -1.65. The zero-order valence-electron chi connectivity index (χ0n) is 11.5. The zero-order chi connectivity index (χ0) is 13.1. The van der Waals surface area contributed by atoms with Crippen LogP contribution in [0.2, 0.25) is 0 Å². The van der Waals surface area contributed by atoms with Gasteiger partial charge in [-0.2, -0.15) is 0 Å². The standard InChI is InChI=1S/C15H18N4.ClH/c1-11-5-2-8-14(17-11)19-15-9-3-6-13(18-15)12-7-4-10-16-12;/h2-3,5-6,8-9,12,16H,4,7,10H2,1H3,(H,17,18,19);1H. The highest BCUT2D eigenvalue weighted by atomic mass is 35.5. The molecule has 1 unspecified atom stereocenters. The molecule has 0 aromatic carbocycles. The highest BCUT2D eigenvalue weighted by Gasteiger charge is 2.17. The van der Waals surface area contributed by atoms with Gasteiger partial charge in [0.1, 0.15) is 11.6 Å². The molecule has 0 aliphatic carbocycles. The van der Waals surface area contributed by atoms with Crippen LogP contribution >= 0.6 is 12.4 Å². The highest BCUT2D eigenvalue weighted by Crippen LogP contribution is 2.23. The molecule has 1 aliphatic rings. The van der Waals surface area contributed by atoms with Crippen LogP contribution in [-0.4, -0.2) is 16.5 Å². The lowest BCUT2D eigenvalue weighted by Crippen LogP contribution is -2.14. The van der Waals surface area contributed by atoms with Gasteiger partial charge in [0.2, 0.25) is 0 Å². The second-order valence-corrected chi connectivity index (χ2v) is 4.89. The van der Waals surface area contributed by atoms with Crippen molar-refractivity contribution in [2.24, 2.45) is 0 Å². The third kappa shape index (κ3) is 3.46. The van der Waals surface area contributed by atoms with Gasteiger partial charge in [-0.05, 0) is 50.6 Å². The normalized spacial score (nSPS) is 17.6. The molecular weight excluding hydrogens is 272 g/mol. The van der Waals surface area contributed by atoms with Crippen LogP contribution in [0.1, 0.15) is 30.3 Å². The van der Waals surface area contributed by atoms with Crippen LogP contribution in [0.3, 0.4) is 0 Å². The monoisotopic (exact) mass is 290 g/mol. The topological polar surface area (TPSA) is 49.8 Å². The number of anilines is 2. The number of nitrogens with zero attached hydrogens (tertiary/aromatic N) is 2. The van der Waals surface area contributed by atoms with Gasteiger partial charge in [-0.15, -0.1) is 12.4 Å². The molecule has 4 nitrogen and oxygen atoms in total. The lowest BCUT2D eigenvalue weighted by molar-refractivity contribution is 0.629. The Bertz CT molecular complexity index is 567. The van der Waals surface area contributed by atoms with Crippen molar-refractivity contribution in [1.29, 1.82) is 0 Å². The van der Waals surface area contributed by atoms with E-state index in [-0.39, 0.29) is 12.4 Å². The first kappa shape index (κ1) is 14.8. The van der Waals surface area contributed by atoms with E-state index in [1.54, 1.807) is 0 Å². The minimum Gasteiger partial charge on any atom is -0.325 e. The van der Waals surface area contributed by atoms with E-state index in [9.17, 15) is 0 Å². The van der Waals surface area contributed by atoms with E-state index in [1.807, 2.05) is 37.3 Å². The number of aromatic nitrogens is 2. The number of hydrogen-bond donors (Lipinski definition) is 2. The van der Waals surface area contributed by atoms with Gasteiger partial charge in [0.25, 0.3) is 0 Å². The predicted molar refractivity (Wildman–Crippen MR) is 83.7 cm³/mol. The fourth-order valence-electron chi connectivity index (χ4n) is 2.40. The molecule has 106 valence electrons. The third-order valence-electron chi connectivity index (χ3n) is 3.33. The summed E-state index contributed by atoms with van der Waals surface area (Å²) in [5, 5.41) is 6.73. The maximum atomic E-state index is 4.67. The van der Waals surface area contributed by atoms with E-state index in [1.165, 1.54) is 12.8 Å². The van der Waals surface area contributed by atoms with Crippen molar-refractivity contribution in [3.8, 4) is 0 Å². The smallest absolute Gasteiger partial charge is 0.131 e. The largest absolute Gasteiger partial charge is 0.325 e. The van der Waals surface area contributed by atoms with Gasteiger partial charge in [-0.3, -0.25) is 0 Å². The summed E-state index contributed by atoms with van der Waals surface area (Å²) in [4.78, 5) is 9.10. The summed E-state index contributed by atoms with van der Waals surface area (Å²) in [5.74, 6) is 1.69. The van der Waals surface area contributed by atoms with Crippen molar-refractivity contribution < 1.29 is 0 Å². The number of aryl methyl sites for hydroxylation is 1. The van der Waals surface area contributed by atoms with Crippen molar-refractivity contribution >= 4 is 24.0 Å². The fraction of sp³-hybridized carbons (Fsp3) is 0.333. The third-order valence-corrected chi connectivity index (χ3v) is 3.33. The summed E-state index contributed by atoms with van der Waals surface area (Å²) >= 11 is 0. The van der Waals surface area contributed by atoms with E-state index in [2.05, 4.69) is 26.7 Å². The molecule has 0 radical (unpaired) electrons. The maximum Gasteiger partial charge on any atom is 0.131 e. The SMILES string of the molecule is Cc1cccc(Nc2cccc(C3CCCN3)n2)n1.Cl. The number of rotatable bonds is 3. The number of nitrogens with one attached hydrogen (secondary N) is 2. The van der Waals surface area contributed by atoms with Crippen LogP contribution in [-0.2, 0) is 0 Å². The second kappa shape index (κ2) is 6.68.